The van der Waals surface area contributed by atoms with Gasteiger partial charge < -0.3 is 80.9 Å². The maximum atomic E-state index is 12.9. The Labute approximate surface area is 666 Å². The molecular formula is C90H140O21. The molecule has 21 nitrogen and oxygen atoms in total. The molecule has 21 heteroatoms. The third-order valence-electron chi connectivity index (χ3n) is 19.3. The van der Waals surface area contributed by atoms with Gasteiger partial charge in [-0.1, -0.05) is 124 Å². The first-order chi connectivity index (χ1) is 52.4. The van der Waals surface area contributed by atoms with E-state index in [1.54, 1.807) is 63.4 Å². The number of esters is 4. The van der Waals surface area contributed by atoms with Crippen LogP contribution in [0.2, 0.25) is 0 Å². The van der Waals surface area contributed by atoms with Crippen LogP contribution in [0.5, 0.6) is 28.7 Å². The SMILES string of the molecule is CCC(C)(C)C(=O)OCCOc1c(COC)cc(C)cc1COC.CCC(C)C(=O)OCCOc1c(C(C)OC)cc(C(C)(C)C)cc1C(C)OC.CCC(C)c1ccc(OC(=O)C(C)(C)Oc2c(COC)cc(C)cc2COC)cc1.CCOCc1cc(C(C)C)cc(COCC)c1OCCOC(=O)C(C)(CC)CO. The fraction of sp³-hybridized carbons (Fsp3) is 0.622. The Kier molecular flexibility index (Phi) is 45.7. The largest absolute Gasteiger partial charge is 0.489 e. The van der Waals surface area contributed by atoms with Gasteiger partial charge in [0.1, 0.15) is 68.4 Å². The van der Waals surface area contributed by atoms with Crippen LogP contribution in [0.15, 0.2) is 72.8 Å². The quantitative estimate of drug-likeness (QED) is 0.0165. The molecule has 0 amide bonds. The standard InChI is InChI=1S/C25H34O5.C23H38O6.C23H38O5.C19H30O5/c1-8-18(3)19-9-11-22(12-10-19)29-24(26)25(4,5)30-23-20(15-27-6)13-17(2)14-21(23)16-28-7;1-7-23(6,16-24)22(25)29-11-10-28-21-19(14-26-8-2)12-18(17(4)5)13-20(21)15-27-9-3;1-10-15(2)22(24)28-12-11-27-21-19(16(3)25-8)13-18(23(5,6)7)14-20(21)17(4)26-9;1-7-19(3,4)18(20)24-9-8-23-17-15(12-21-5)10-14(2)11-16(17)13-22-6/h9-14,18H,8,15-16H2,1-7H3;12-13,17,24H,7-11,14-16H2,1-6H3;13-17H,10-12H2,1-9H3;10-11H,7-9,12-13H2,1-6H3. The van der Waals surface area contributed by atoms with E-state index in [1.807, 2.05) is 132 Å². The fourth-order valence-corrected chi connectivity index (χ4v) is 10.9. The number of ether oxygens (including phenoxy) is 16. The van der Waals surface area contributed by atoms with Gasteiger partial charge in [0.15, 0.2) is 0 Å². The minimum atomic E-state index is -1.20. The summed E-state index contributed by atoms with van der Waals surface area (Å²) in [5.74, 6) is 2.79. The molecule has 0 aliphatic heterocycles. The third kappa shape index (κ3) is 33.1. The predicted octanol–water partition coefficient (Wildman–Crippen LogP) is 18.8. The molecule has 5 aromatic rings. The number of hydrogen-bond donors (Lipinski definition) is 1. The third-order valence-corrected chi connectivity index (χ3v) is 19.3. The Hall–Kier alpha value is -7.18. The van der Waals surface area contributed by atoms with Gasteiger partial charge in [0, 0.05) is 100 Å². The lowest BCUT2D eigenvalue weighted by Gasteiger charge is -2.27. The number of carbonyl (C=O) groups is 4. The number of methoxy groups -OCH3 is 6. The van der Waals surface area contributed by atoms with Crippen LogP contribution in [0.3, 0.4) is 0 Å². The number of carbonyl (C=O) groups excluding carboxylic acids is 4. The van der Waals surface area contributed by atoms with Crippen molar-refractivity contribution in [1.29, 1.82) is 0 Å². The normalized spacial score (nSPS) is 13.1. The van der Waals surface area contributed by atoms with Crippen LogP contribution < -0.4 is 23.7 Å². The second-order valence-electron chi connectivity index (χ2n) is 30.6. The molecule has 0 aliphatic carbocycles. The molecule has 0 aliphatic rings. The molecule has 0 fully saturated rings. The molecule has 0 aromatic heterocycles. The monoisotopic (exact) mass is 1560 g/mol. The number of aliphatic hydroxyl groups is 1. The van der Waals surface area contributed by atoms with Crippen molar-refractivity contribution in [3.8, 4) is 28.7 Å². The molecule has 1 N–H and O–H groups in total. The van der Waals surface area contributed by atoms with Crippen molar-refractivity contribution in [2.45, 2.75) is 253 Å². The van der Waals surface area contributed by atoms with Gasteiger partial charge >= 0.3 is 23.9 Å². The first-order valence-corrected chi connectivity index (χ1v) is 39.2. The Morgan fingerprint density at radius 1 is 0.441 bits per heavy atom. The molecule has 5 rings (SSSR count). The highest BCUT2D eigenvalue weighted by Gasteiger charge is 2.36. The van der Waals surface area contributed by atoms with E-state index in [2.05, 4.69) is 72.7 Å². The molecular weight excluding hydrogens is 1420 g/mol. The van der Waals surface area contributed by atoms with Crippen LogP contribution >= 0.6 is 0 Å². The predicted molar refractivity (Wildman–Crippen MR) is 436 cm³/mol. The number of rotatable bonds is 44. The van der Waals surface area contributed by atoms with Gasteiger partial charge in [-0.25, -0.2) is 4.79 Å². The molecule has 5 aromatic carbocycles. The van der Waals surface area contributed by atoms with Crippen molar-refractivity contribution in [2.24, 2.45) is 16.7 Å². The van der Waals surface area contributed by atoms with Crippen molar-refractivity contribution < 1.29 is 100 Å². The van der Waals surface area contributed by atoms with Crippen LogP contribution in [-0.2, 0) is 116 Å². The van der Waals surface area contributed by atoms with Gasteiger partial charge in [0.25, 0.3) is 0 Å². The van der Waals surface area contributed by atoms with E-state index >= 15 is 0 Å². The van der Waals surface area contributed by atoms with Gasteiger partial charge in [-0.05, 0) is 172 Å². The lowest BCUT2D eigenvalue weighted by Crippen LogP contribution is -2.42. The summed E-state index contributed by atoms with van der Waals surface area (Å²) in [4.78, 5) is 48.9. The minimum Gasteiger partial charge on any atom is -0.489 e. The molecule has 5 unspecified atom stereocenters. The van der Waals surface area contributed by atoms with E-state index in [9.17, 15) is 24.3 Å². The lowest BCUT2D eigenvalue weighted by molar-refractivity contribution is -0.158. The highest BCUT2D eigenvalue weighted by Crippen LogP contribution is 2.41. The molecule has 0 radical (unpaired) electrons. The molecule has 5 atom stereocenters. The summed E-state index contributed by atoms with van der Waals surface area (Å²) in [5.41, 5.74) is 10.8. The first-order valence-electron chi connectivity index (χ1n) is 39.2. The zero-order valence-corrected chi connectivity index (χ0v) is 72.9. The van der Waals surface area contributed by atoms with Crippen molar-refractivity contribution in [3.05, 3.63) is 145 Å². The summed E-state index contributed by atoms with van der Waals surface area (Å²) in [7, 11) is 9.93. The molecule has 111 heavy (non-hydrogen) atoms. The second-order valence-corrected chi connectivity index (χ2v) is 30.6. The maximum Gasteiger partial charge on any atom is 0.355 e. The first kappa shape index (κ1) is 99.9. The highest BCUT2D eigenvalue weighted by atomic mass is 16.6. The average molecular weight is 1560 g/mol. The van der Waals surface area contributed by atoms with Crippen molar-refractivity contribution in [3.63, 3.8) is 0 Å². The molecule has 626 valence electrons. The van der Waals surface area contributed by atoms with Crippen molar-refractivity contribution in [1.82, 2.24) is 0 Å². The summed E-state index contributed by atoms with van der Waals surface area (Å²) >= 11 is 0. The molecule has 0 saturated heterocycles. The summed E-state index contributed by atoms with van der Waals surface area (Å²) < 4.78 is 89.5. The fourth-order valence-electron chi connectivity index (χ4n) is 10.9. The van der Waals surface area contributed by atoms with Gasteiger partial charge in [-0.2, -0.15) is 0 Å². The van der Waals surface area contributed by atoms with E-state index in [1.165, 1.54) is 16.7 Å². The molecule has 0 saturated carbocycles. The zero-order valence-electron chi connectivity index (χ0n) is 72.9. The number of hydrogen-bond acceptors (Lipinski definition) is 21. The summed E-state index contributed by atoms with van der Waals surface area (Å²) in [6.07, 6.45) is 2.80. The van der Waals surface area contributed by atoms with Crippen LogP contribution in [0.1, 0.15) is 261 Å². The topological polar surface area (TPSA) is 236 Å². The van der Waals surface area contributed by atoms with E-state index in [0.29, 0.717) is 89.2 Å². The second kappa shape index (κ2) is 50.8. The average Bonchev–Trinajstić information content (AvgIpc) is 0.789. The van der Waals surface area contributed by atoms with Gasteiger partial charge in [-0.15, -0.1) is 0 Å². The van der Waals surface area contributed by atoms with Crippen LogP contribution in [-0.4, -0.2) is 137 Å². The highest BCUT2D eigenvalue weighted by molar-refractivity contribution is 5.81. The van der Waals surface area contributed by atoms with E-state index in [4.69, 9.17) is 75.8 Å². The van der Waals surface area contributed by atoms with Crippen molar-refractivity contribution in [2.75, 3.05) is 102 Å². The van der Waals surface area contributed by atoms with Crippen LogP contribution in [0, 0.1) is 30.6 Å². The maximum absolute atomic E-state index is 12.9. The van der Waals surface area contributed by atoms with Gasteiger partial charge in [0.2, 0.25) is 5.60 Å². The summed E-state index contributed by atoms with van der Waals surface area (Å²) in [5, 5.41) is 9.44. The Morgan fingerprint density at radius 3 is 1.21 bits per heavy atom. The van der Waals surface area contributed by atoms with E-state index < -0.39 is 28.4 Å². The number of aryl methyl sites for hydroxylation is 2. The minimum absolute atomic E-state index is 0.0191. The molecule has 0 spiro atoms. The summed E-state index contributed by atoms with van der Waals surface area (Å²) in [6, 6.07) is 24.2. The Morgan fingerprint density at radius 2 is 0.847 bits per heavy atom. The summed E-state index contributed by atoms with van der Waals surface area (Å²) in [6.45, 7) is 48.5. The van der Waals surface area contributed by atoms with E-state index in [0.717, 1.165) is 92.1 Å². The number of aliphatic hydroxyl groups excluding tert-OH is 1. The van der Waals surface area contributed by atoms with E-state index in [-0.39, 0.29) is 75.1 Å². The Balaban J connectivity index is 0.000000504. The molecule has 0 heterocycles. The van der Waals surface area contributed by atoms with Gasteiger partial charge in [-0.3, -0.25) is 14.4 Å². The lowest BCUT2D eigenvalue weighted by atomic mass is 9.83. The Bertz CT molecular complexity index is 3430. The number of benzene rings is 5. The van der Waals surface area contributed by atoms with Crippen molar-refractivity contribution >= 4 is 23.9 Å². The zero-order chi connectivity index (χ0) is 83.8. The molecule has 0 bridgehead atoms. The smallest absolute Gasteiger partial charge is 0.355 e. The van der Waals surface area contributed by atoms with Crippen LogP contribution in [0.4, 0.5) is 0 Å². The van der Waals surface area contributed by atoms with Crippen LogP contribution in [0.25, 0.3) is 0 Å². The van der Waals surface area contributed by atoms with Gasteiger partial charge in [0.05, 0.1) is 75.2 Å².